The van der Waals surface area contributed by atoms with Crippen LogP contribution in [0.2, 0.25) is 0 Å². The number of nitrogens with zero attached hydrogens (tertiary/aromatic N) is 1. The second-order valence-electron chi connectivity index (χ2n) is 6.51. The minimum absolute atomic E-state index is 0.330. The Balaban J connectivity index is 1.87. The van der Waals surface area contributed by atoms with Crippen molar-refractivity contribution in [1.82, 2.24) is 0 Å². The van der Waals surface area contributed by atoms with Gasteiger partial charge in [-0.1, -0.05) is 24.8 Å². The number of aryl methyl sites for hydroxylation is 1. The molecule has 3 aromatic carbocycles. The van der Waals surface area contributed by atoms with Crippen molar-refractivity contribution in [3.8, 4) is 34.1 Å². The van der Waals surface area contributed by atoms with Gasteiger partial charge in [0.05, 0.1) is 4.90 Å². The average Bonchev–Trinajstić information content (AvgIpc) is 2.74. The fraction of sp³-hybridized carbons (Fsp3) is 0.125. The van der Waals surface area contributed by atoms with E-state index in [0.29, 0.717) is 40.4 Å². The fourth-order valence-corrected chi connectivity index (χ4v) is 3.34. The van der Waals surface area contributed by atoms with Crippen LogP contribution in [0.15, 0.2) is 59.5 Å². The number of alkyl halides is 3. The van der Waals surface area contributed by atoms with Crippen molar-refractivity contribution in [3.63, 3.8) is 0 Å². The normalized spacial score (nSPS) is 10.8. The Kier molecular flexibility index (Phi) is 7.07. The van der Waals surface area contributed by atoms with E-state index >= 15 is 0 Å². The summed E-state index contributed by atoms with van der Waals surface area (Å²) in [6.45, 7) is 1.90. The molecule has 0 aliphatic rings. The van der Waals surface area contributed by atoms with Crippen LogP contribution in [0.4, 0.5) is 22.0 Å². The monoisotopic (exact) mass is 459 g/mol. The lowest BCUT2D eigenvalue weighted by Gasteiger charge is -2.09. The van der Waals surface area contributed by atoms with Crippen molar-refractivity contribution < 1.29 is 26.7 Å². The topological polar surface area (TPSA) is 33.0 Å². The molecule has 0 aromatic heterocycles. The number of ether oxygens (including phenoxy) is 1. The molecule has 0 radical (unpaired) electrons. The van der Waals surface area contributed by atoms with Gasteiger partial charge in [0.25, 0.3) is 0 Å². The first-order valence-electron chi connectivity index (χ1n) is 9.26. The second-order valence-corrected chi connectivity index (χ2v) is 7.30. The molecule has 0 saturated carbocycles. The van der Waals surface area contributed by atoms with Gasteiger partial charge in [-0.15, -0.1) is 13.2 Å². The van der Waals surface area contributed by atoms with E-state index in [4.69, 9.17) is 5.26 Å². The molecule has 2 nitrogen and oxygen atoms in total. The first-order valence-corrected chi connectivity index (χ1v) is 10.1. The van der Waals surface area contributed by atoms with Gasteiger partial charge in [-0.3, -0.25) is 0 Å². The van der Waals surface area contributed by atoms with Crippen LogP contribution in [0, 0.1) is 34.1 Å². The zero-order chi connectivity index (χ0) is 23.3. The van der Waals surface area contributed by atoms with Crippen LogP contribution in [-0.4, -0.2) is 6.36 Å². The maximum atomic E-state index is 14.2. The van der Waals surface area contributed by atoms with Crippen LogP contribution in [0.1, 0.15) is 23.6 Å². The van der Waals surface area contributed by atoms with Gasteiger partial charge < -0.3 is 4.74 Å². The molecular formula is C24H14F5NOS. The van der Waals surface area contributed by atoms with Gasteiger partial charge in [-0.25, -0.2) is 8.78 Å². The zero-order valence-corrected chi connectivity index (χ0v) is 17.4. The molecule has 0 aliphatic carbocycles. The highest BCUT2D eigenvalue weighted by Crippen LogP contribution is 2.31. The van der Waals surface area contributed by atoms with E-state index in [-0.39, 0.29) is 10.6 Å². The zero-order valence-electron chi connectivity index (χ0n) is 16.6. The Hall–Kier alpha value is -3.49. The third kappa shape index (κ3) is 5.81. The predicted molar refractivity (Wildman–Crippen MR) is 112 cm³/mol. The van der Waals surface area contributed by atoms with E-state index in [1.807, 2.05) is 6.92 Å². The van der Waals surface area contributed by atoms with E-state index < -0.39 is 18.0 Å². The van der Waals surface area contributed by atoms with Crippen LogP contribution in [0.25, 0.3) is 11.1 Å². The molecule has 0 bridgehead atoms. The number of nitriles is 1. The van der Waals surface area contributed by atoms with E-state index in [9.17, 15) is 22.0 Å². The lowest BCUT2D eigenvalue weighted by atomic mass is 9.97. The summed E-state index contributed by atoms with van der Waals surface area (Å²) in [6, 6.07) is 12.7. The molecular weight excluding hydrogens is 445 g/mol. The lowest BCUT2D eigenvalue weighted by molar-refractivity contribution is -0.274. The number of thioether (sulfide) groups is 1. The first-order chi connectivity index (χ1) is 15.2. The van der Waals surface area contributed by atoms with E-state index in [1.54, 1.807) is 23.6 Å². The highest BCUT2D eigenvalue weighted by molar-refractivity contribution is 8.03. The molecule has 3 rings (SSSR count). The predicted octanol–water partition coefficient (Wildman–Crippen LogP) is 7.07. The second kappa shape index (κ2) is 9.76. The smallest absolute Gasteiger partial charge is 0.406 e. The van der Waals surface area contributed by atoms with Crippen molar-refractivity contribution in [3.05, 3.63) is 82.9 Å². The third-order valence-electron chi connectivity index (χ3n) is 4.39. The van der Waals surface area contributed by atoms with Crippen molar-refractivity contribution >= 4 is 11.8 Å². The van der Waals surface area contributed by atoms with Gasteiger partial charge in [0.2, 0.25) is 0 Å². The fourth-order valence-electron chi connectivity index (χ4n) is 2.94. The quantitative estimate of drug-likeness (QED) is 0.181. The van der Waals surface area contributed by atoms with Crippen LogP contribution < -0.4 is 4.74 Å². The van der Waals surface area contributed by atoms with E-state index in [1.165, 1.54) is 36.4 Å². The maximum Gasteiger partial charge on any atom is 0.573 e. The Morgan fingerprint density at radius 3 is 2.12 bits per heavy atom. The SMILES string of the molecule is CCc1cc(-c2cc(F)c(SC#N)c(F)c2)ccc1C#Cc1ccc(OC(F)(F)F)cc1. The summed E-state index contributed by atoms with van der Waals surface area (Å²) in [5.74, 6) is 3.90. The van der Waals surface area contributed by atoms with Gasteiger partial charge >= 0.3 is 6.36 Å². The van der Waals surface area contributed by atoms with Crippen LogP contribution in [0.3, 0.4) is 0 Å². The third-order valence-corrected chi connectivity index (χ3v) is 5.08. The Bertz CT molecular complexity index is 1210. The highest BCUT2D eigenvalue weighted by atomic mass is 32.2. The molecule has 0 spiro atoms. The molecule has 8 heteroatoms. The Morgan fingerprint density at radius 1 is 0.906 bits per heavy atom. The summed E-state index contributed by atoms with van der Waals surface area (Å²) in [4.78, 5) is -0.346. The summed E-state index contributed by atoms with van der Waals surface area (Å²) >= 11 is 0.424. The minimum Gasteiger partial charge on any atom is -0.406 e. The van der Waals surface area contributed by atoms with Gasteiger partial charge in [0.1, 0.15) is 22.8 Å². The van der Waals surface area contributed by atoms with E-state index in [2.05, 4.69) is 16.6 Å². The first kappa shape index (κ1) is 23.2. The van der Waals surface area contributed by atoms with Gasteiger partial charge in [-0.05, 0) is 83.4 Å². The number of rotatable bonds is 4. The molecule has 0 atom stereocenters. The summed E-state index contributed by atoms with van der Waals surface area (Å²) < 4.78 is 68.9. The summed E-state index contributed by atoms with van der Waals surface area (Å²) in [6.07, 6.45) is -4.16. The lowest BCUT2D eigenvalue weighted by Crippen LogP contribution is -2.16. The molecule has 0 saturated heterocycles. The molecule has 0 fully saturated rings. The number of hydrogen-bond acceptors (Lipinski definition) is 3. The standard InChI is InChI=1S/C24H14F5NOS/c1-2-16-11-18(19-12-21(25)23(32-14-30)22(26)13-19)8-7-17(16)6-3-15-4-9-20(10-5-15)31-24(27,28)29/h4-5,7-13H,2H2,1H3. The molecule has 0 N–H and O–H groups in total. The number of hydrogen-bond donors (Lipinski definition) is 0. The van der Waals surface area contributed by atoms with Crippen molar-refractivity contribution in [1.29, 1.82) is 5.26 Å². The molecule has 0 unspecified atom stereocenters. The Morgan fingerprint density at radius 2 is 1.56 bits per heavy atom. The van der Waals surface area contributed by atoms with Crippen molar-refractivity contribution in [2.75, 3.05) is 0 Å². The Labute approximate surface area is 185 Å². The van der Waals surface area contributed by atoms with Crippen LogP contribution in [0.5, 0.6) is 5.75 Å². The minimum atomic E-state index is -4.76. The number of halogens is 5. The molecule has 32 heavy (non-hydrogen) atoms. The largest absolute Gasteiger partial charge is 0.573 e. The highest BCUT2D eigenvalue weighted by Gasteiger charge is 2.30. The van der Waals surface area contributed by atoms with Crippen molar-refractivity contribution in [2.45, 2.75) is 24.6 Å². The molecule has 0 aliphatic heterocycles. The number of benzene rings is 3. The van der Waals surface area contributed by atoms with Gasteiger partial charge in [0.15, 0.2) is 0 Å². The molecule has 0 heterocycles. The summed E-state index contributed by atoms with van der Waals surface area (Å²) in [5.41, 5.74) is 2.94. The summed E-state index contributed by atoms with van der Waals surface area (Å²) in [7, 11) is 0. The van der Waals surface area contributed by atoms with Crippen LogP contribution >= 0.6 is 11.8 Å². The molecule has 0 amide bonds. The number of thiocyanates is 1. The van der Waals surface area contributed by atoms with E-state index in [0.717, 1.165) is 5.56 Å². The van der Waals surface area contributed by atoms with Gasteiger partial charge in [-0.2, -0.15) is 5.26 Å². The van der Waals surface area contributed by atoms with Crippen molar-refractivity contribution in [2.24, 2.45) is 0 Å². The van der Waals surface area contributed by atoms with Crippen LogP contribution in [-0.2, 0) is 6.42 Å². The molecule has 162 valence electrons. The molecule has 3 aromatic rings. The average molecular weight is 459 g/mol. The maximum absolute atomic E-state index is 14.2. The van der Waals surface area contributed by atoms with Gasteiger partial charge in [0, 0.05) is 11.1 Å². The summed E-state index contributed by atoms with van der Waals surface area (Å²) in [5, 5.41) is 10.3.